The monoisotopic (exact) mass is 201 g/mol. The van der Waals surface area contributed by atoms with Crippen LogP contribution in [0.25, 0.3) is 0 Å². The summed E-state index contributed by atoms with van der Waals surface area (Å²) in [6.07, 6.45) is -0.718. The number of nitrogens with two attached hydrogens (primary N) is 1. The predicted molar refractivity (Wildman–Crippen MR) is 51.7 cm³/mol. The number of aliphatic hydroxyl groups excluding tert-OH is 1. The summed E-state index contributed by atoms with van der Waals surface area (Å²) < 4.78 is 0. The second kappa shape index (κ2) is 3.96. The molecule has 72 valence electrons. The van der Waals surface area contributed by atoms with Crippen molar-refractivity contribution in [2.45, 2.75) is 19.1 Å². The maximum absolute atomic E-state index is 9.40. The SMILES string of the molecule is C[C@H](O)[C@H](N)c1cc(Cl)ccc1O. The zero-order chi connectivity index (χ0) is 10.0. The highest BCUT2D eigenvalue weighted by Gasteiger charge is 2.15. The molecule has 0 aliphatic rings. The molecule has 0 saturated carbocycles. The van der Waals surface area contributed by atoms with Crippen LogP contribution in [0.15, 0.2) is 18.2 Å². The molecular weight excluding hydrogens is 190 g/mol. The van der Waals surface area contributed by atoms with E-state index in [0.717, 1.165) is 0 Å². The zero-order valence-corrected chi connectivity index (χ0v) is 7.99. The van der Waals surface area contributed by atoms with Crippen molar-refractivity contribution >= 4 is 11.6 Å². The lowest BCUT2D eigenvalue weighted by molar-refractivity contribution is 0.163. The fourth-order valence-electron chi connectivity index (χ4n) is 1.05. The van der Waals surface area contributed by atoms with Gasteiger partial charge in [-0.05, 0) is 25.1 Å². The molecule has 0 heterocycles. The van der Waals surface area contributed by atoms with Gasteiger partial charge in [0, 0.05) is 10.6 Å². The molecule has 0 aliphatic carbocycles. The van der Waals surface area contributed by atoms with E-state index in [1.165, 1.54) is 6.07 Å². The van der Waals surface area contributed by atoms with E-state index in [-0.39, 0.29) is 5.75 Å². The number of hydrogen-bond donors (Lipinski definition) is 3. The summed E-state index contributed by atoms with van der Waals surface area (Å²) >= 11 is 5.72. The van der Waals surface area contributed by atoms with Gasteiger partial charge in [0.2, 0.25) is 0 Å². The third-order valence-electron chi connectivity index (χ3n) is 1.87. The quantitative estimate of drug-likeness (QED) is 0.678. The van der Waals surface area contributed by atoms with Crippen molar-refractivity contribution in [1.82, 2.24) is 0 Å². The lowest BCUT2D eigenvalue weighted by Gasteiger charge is -2.16. The van der Waals surface area contributed by atoms with E-state index in [1.54, 1.807) is 19.1 Å². The third kappa shape index (κ3) is 2.34. The Balaban J connectivity index is 3.05. The number of aromatic hydroxyl groups is 1. The fourth-order valence-corrected chi connectivity index (χ4v) is 1.23. The van der Waals surface area contributed by atoms with Gasteiger partial charge in [-0.15, -0.1) is 0 Å². The van der Waals surface area contributed by atoms with E-state index >= 15 is 0 Å². The highest BCUT2D eigenvalue weighted by Crippen LogP contribution is 2.27. The molecule has 0 fully saturated rings. The molecule has 1 rings (SSSR count). The average molecular weight is 202 g/mol. The molecule has 0 aliphatic heterocycles. The van der Waals surface area contributed by atoms with Gasteiger partial charge >= 0.3 is 0 Å². The molecule has 0 aromatic heterocycles. The Labute approximate surface area is 81.8 Å². The smallest absolute Gasteiger partial charge is 0.120 e. The molecular formula is C9H12ClNO2. The second-order valence-electron chi connectivity index (χ2n) is 2.97. The van der Waals surface area contributed by atoms with E-state index in [0.29, 0.717) is 10.6 Å². The van der Waals surface area contributed by atoms with Crippen LogP contribution in [0.4, 0.5) is 0 Å². The Bertz CT molecular complexity index is 302. The molecule has 1 aromatic rings. The van der Waals surface area contributed by atoms with Crippen LogP contribution in [0.2, 0.25) is 5.02 Å². The van der Waals surface area contributed by atoms with Crippen LogP contribution in [0.5, 0.6) is 5.75 Å². The maximum atomic E-state index is 9.40. The zero-order valence-electron chi connectivity index (χ0n) is 7.24. The van der Waals surface area contributed by atoms with Crippen molar-refractivity contribution in [3.63, 3.8) is 0 Å². The van der Waals surface area contributed by atoms with Crippen LogP contribution in [0.3, 0.4) is 0 Å². The van der Waals surface area contributed by atoms with E-state index in [4.69, 9.17) is 17.3 Å². The Hall–Kier alpha value is -0.770. The normalized spacial score (nSPS) is 15.4. The van der Waals surface area contributed by atoms with Crippen molar-refractivity contribution in [1.29, 1.82) is 0 Å². The molecule has 1 aromatic carbocycles. The number of aliphatic hydroxyl groups is 1. The summed E-state index contributed by atoms with van der Waals surface area (Å²) in [6, 6.07) is 3.96. The molecule has 0 amide bonds. The largest absolute Gasteiger partial charge is 0.508 e. The summed E-state index contributed by atoms with van der Waals surface area (Å²) in [6.45, 7) is 1.56. The molecule has 0 spiro atoms. The minimum atomic E-state index is -0.718. The van der Waals surface area contributed by atoms with Gasteiger partial charge in [-0.3, -0.25) is 0 Å². The minimum absolute atomic E-state index is 0.0535. The van der Waals surface area contributed by atoms with Gasteiger partial charge in [-0.25, -0.2) is 0 Å². The Morgan fingerprint density at radius 3 is 2.62 bits per heavy atom. The van der Waals surface area contributed by atoms with Crippen LogP contribution in [0, 0.1) is 0 Å². The van der Waals surface area contributed by atoms with Gasteiger partial charge in [0.25, 0.3) is 0 Å². The van der Waals surface area contributed by atoms with Crippen LogP contribution >= 0.6 is 11.6 Å². The van der Waals surface area contributed by atoms with E-state index in [1.807, 2.05) is 0 Å². The Morgan fingerprint density at radius 1 is 1.46 bits per heavy atom. The summed E-state index contributed by atoms with van der Waals surface area (Å²) in [7, 11) is 0. The molecule has 0 saturated heterocycles. The first kappa shape index (κ1) is 10.3. The molecule has 2 atom stereocenters. The summed E-state index contributed by atoms with van der Waals surface area (Å²) in [4.78, 5) is 0. The Kier molecular flexibility index (Phi) is 3.14. The van der Waals surface area contributed by atoms with Crippen molar-refractivity contribution < 1.29 is 10.2 Å². The predicted octanol–water partition coefficient (Wildman–Crippen LogP) is 1.43. The molecule has 0 bridgehead atoms. The van der Waals surface area contributed by atoms with Crippen LogP contribution in [-0.4, -0.2) is 16.3 Å². The summed E-state index contributed by atoms with van der Waals surface area (Å²) in [5.74, 6) is 0.0535. The van der Waals surface area contributed by atoms with Crippen molar-refractivity contribution in [3.8, 4) is 5.75 Å². The van der Waals surface area contributed by atoms with Gasteiger partial charge in [0.1, 0.15) is 5.75 Å². The van der Waals surface area contributed by atoms with E-state index < -0.39 is 12.1 Å². The van der Waals surface area contributed by atoms with Crippen LogP contribution in [-0.2, 0) is 0 Å². The molecule has 13 heavy (non-hydrogen) atoms. The highest BCUT2D eigenvalue weighted by molar-refractivity contribution is 6.30. The third-order valence-corrected chi connectivity index (χ3v) is 2.10. The molecule has 4 N–H and O–H groups in total. The van der Waals surface area contributed by atoms with Gasteiger partial charge in [-0.1, -0.05) is 11.6 Å². The topological polar surface area (TPSA) is 66.5 Å². The number of halogens is 1. The van der Waals surface area contributed by atoms with Crippen LogP contribution in [0.1, 0.15) is 18.5 Å². The van der Waals surface area contributed by atoms with Gasteiger partial charge in [-0.2, -0.15) is 0 Å². The number of phenols is 1. The maximum Gasteiger partial charge on any atom is 0.120 e. The molecule has 4 heteroatoms. The van der Waals surface area contributed by atoms with Crippen molar-refractivity contribution in [2.24, 2.45) is 5.73 Å². The number of hydrogen-bond acceptors (Lipinski definition) is 3. The van der Waals surface area contributed by atoms with Crippen molar-refractivity contribution in [3.05, 3.63) is 28.8 Å². The summed E-state index contributed by atoms with van der Waals surface area (Å²) in [5, 5.41) is 19.1. The van der Waals surface area contributed by atoms with Gasteiger partial charge in [0.15, 0.2) is 0 Å². The second-order valence-corrected chi connectivity index (χ2v) is 3.41. The first-order chi connectivity index (χ1) is 6.02. The fraction of sp³-hybridized carbons (Fsp3) is 0.333. The first-order valence-electron chi connectivity index (χ1n) is 3.94. The van der Waals surface area contributed by atoms with Crippen molar-refractivity contribution in [2.75, 3.05) is 0 Å². The number of rotatable bonds is 2. The highest BCUT2D eigenvalue weighted by atomic mass is 35.5. The lowest BCUT2D eigenvalue weighted by atomic mass is 10.0. The average Bonchev–Trinajstić information content (AvgIpc) is 2.08. The standard InChI is InChI=1S/C9H12ClNO2/c1-5(12)9(11)7-4-6(10)2-3-8(7)13/h2-5,9,12-13H,11H2,1H3/t5-,9-/m0/s1. The molecule has 0 unspecified atom stereocenters. The minimum Gasteiger partial charge on any atom is -0.508 e. The lowest BCUT2D eigenvalue weighted by Crippen LogP contribution is -2.23. The number of benzene rings is 1. The summed E-state index contributed by atoms with van der Waals surface area (Å²) in [5.41, 5.74) is 6.10. The first-order valence-corrected chi connectivity index (χ1v) is 4.32. The van der Waals surface area contributed by atoms with Gasteiger partial charge in [0.05, 0.1) is 12.1 Å². The molecule has 3 nitrogen and oxygen atoms in total. The molecule has 0 radical (unpaired) electrons. The Morgan fingerprint density at radius 2 is 2.08 bits per heavy atom. The van der Waals surface area contributed by atoms with Crippen LogP contribution < -0.4 is 5.73 Å². The van der Waals surface area contributed by atoms with E-state index in [2.05, 4.69) is 0 Å². The van der Waals surface area contributed by atoms with E-state index in [9.17, 15) is 10.2 Å². The number of phenolic OH excluding ortho intramolecular Hbond substituents is 1. The van der Waals surface area contributed by atoms with Gasteiger partial charge < -0.3 is 15.9 Å².